The van der Waals surface area contributed by atoms with Crippen LogP contribution in [0.15, 0.2) is 72.8 Å². The Bertz CT molecular complexity index is 1380. The van der Waals surface area contributed by atoms with Gasteiger partial charge in [0, 0.05) is 29.4 Å². The van der Waals surface area contributed by atoms with E-state index in [0.717, 1.165) is 16.7 Å². The molecule has 7 heteroatoms. The topological polar surface area (TPSA) is 84.0 Å². The van der Waals surface area contributed by atoms with Crippen molar-refractivity contribution in [3.8, 4) is 23.0 Å². The van der Waals surface area contributed by atoms with Crippen LogP contribution < -0.4 is 18.9 Å². The third-order valence-electron chi connectivity index (χ3n) is 5.83. The number of aromatic nitrogens is 1. The lowest BCUT2D eigenvalue weighted by molar-refractivity contribution is -0.135. The van der Waals surface area contributed by atoms with E-state index < -0.39 is 5.92 Å². The van der Waals surface area contributed by atoms with Gasteiger partial charge >= 0.3 is 5.97 Å². The molecule has 2 aliphatic rings. The number of carbonyl (C=O) groups is 2. The molecule has 0 fully saturated rings. The Kier molecular flexibility index (Phi) is 5.82. The summed E-state index contributed by atoms with van der Waals surface area (Å²) < 4.78 is 23.3. The number of pyridine rings is 1. The molecule has 2 aliphatic heterocycles. The number of benzene rings is 2. The third kappa shape index (κ3) is 4.17. The molecule has 0 saturated heterocycles. The van der Waals surface area contributed by atoms with Gasteiger partial charge in [0.05, 0.1) is 19.1 Å². The van der Waals surface area contributed by atoms with E-state index in [0.29, 0.717) is 34.1 Å². The van der Waals surface area contributed by atoms with Gasteiger partial charge in [0.1, 0.15) is 18.1 Å². The molecule has 2 aromatic carbocycles. The summed E-state index contributed by atoms with van der Waals surface area (Å²) >= 11 is 0. The summed E-state index contributed by atoms with van der Waals surface area (Å²) in [4.78, 5) is 29.8. The molecule has 35 heavy (non-hydrogen) atoms. The molecule has 0 unspecified atom stereocenters. The van der Waals surface area contributed by atoms with Crippen LogP contribution in [0.5, 0.6) is 23.0 Å². The number of ketones is 1. The van der Waals surface area contributed by atoms with Crippen LogP contribution in [-0.2, 0) is 4.79 Å². The molecule has 176 valence electrons. The lowest BCUT2D eigenvalue weighted by atomic mass is 9.84. The Morgan fingerprint density at radius 1 is 1.17 bits per heavy atom. The van der Waals surface area contributed by atoms with Crippen LogP contribution >= 0.6 is 0 Å². The minimum Gasteiger partial charge on any atom is -0.493 e. The quantitative estimate of drug-likeness (QED) is 0.215. The zero-order chi connectivity index (χ0) is 24.5. The number of allylic oxidation sites excluding steroid dienone is 1. The van der Waals surface area contributed by atoms with Gasteiger partial charge in [-0.1, -0.05) is 24.8 Å². The van der Waals surface area contributed by atoms with Crippen molar-refractivity contribution < 1.29 is 28.5 Å². The van der Waals surface area contributed by atoms with Crippen molar-refractivity contribution in [3.05, 3.63) is 95.0 Å². The van der Waals surface area contributed by atoms with E-state index in [9.17, 15) is 9.59 Å². The van der Waals surface area contributed by atoms with Crippen molar-refractivity contribution in [2.45, 2.75) is 19.3 Å². The van der Waals surface area contributed by atoms with Crippen molar-refractivity contribution in [1.29, 1.82) is 0 Å². The van der Waals surface area contributed by atoms with Crippen LogP contribution in [0.3, 0.4) is 0 Å². The highest BCUT2D eigenvalue weighted by molar-refractivity contribution is 6.15. The van der Waals surface area contributed by atoms with Gasteiger partial charge in [0.15, 0.2) is 17.3 Å². The standard InChI is InChI=1S/C28H23NO6/c1-16(2)15-33-27-18(7-4-8-22(27)32-3)20-13-24(30)34-21-10-9-19-26(31)23(35-28(19)25(20)21)12-17-6-5-11-29-14-17/h4-12,14,20H,1,13,15H2,2-3H3/b23-12-/t20-/m1/s1. The molecule has 3 aromatic rings. The first-order valence-corrected chi connectivity index (χ1v) is 11.1. The van der Waals surface area contributed by atoms with Gasteiger partial charge in [-0.3, -0.25) is 14.6 Å². The van der Waals surface area contributed by atoms with Crippen LogP contribution in [0, 0.1) is 0 Å². The summed E-state index contributed by atoms with van der Waals surface area (Å²) in [6, 6.07) is 12.4. The summed E-state index contributed by atoms with van der Waals surface area (Å²) in [6.45, 7) is 6.06. The van der Waals surface area contributed by atoms with E-state index in [2.05, 4.69) is 11.6 Å². The zero-order valence-electron chi connectivity index (χ0n) is 19.4. The molecule has 0 N–H and O–H groups in total. The SMILES string of the molecule is C=C(C)COc1c(OC)cccc1[C@H]1CC(=O)Oc2ccc3c(c21)O/C(=C\c1cccnc1)C3=O. The zero-order valence-corrected chi connectivity index (χ0v) is 19.4. The number of para-hydroxylation sites is 1. The van der Waals surface area contributed by atoms with Crippen LogP contribution in [-0.4, -0.2) is 30.5 Å². The monoisotopic (exact) mass is 469 g/mol. The molecular formula is C28H23NO6. The fourth-order valence-corrected chi connectivity index (χ4v) is 4.30. The second kappa shape index (κ2) is 9.10. The molecular weight excluding hydrogens is 446 g/mol. The molecule has 1 atom stereocenters. The summed E-state index contributed by atoms with van der Waals surface area (Å²) in [6.07, 6.45) is 5.01. The Hall–Kier alpha value is -4.39. The number of methoxy groups -OCH3 is 1. The summed E-state index contributed by atoms with van der Waals surface area (Å²) in [7, 11) is 1.56. The fourth-order valence-electron chi connectivity index (χ4n) is 4.30. The molecule has 0 bridgehead atoms. The van der Waals surface area contributed by atoms with Gasteiger partial charge in [-0.25, -0.2) is 0 Å². The number of esters is 1. The van der Waals surface area contributed by atoms with Crippen LogP contribution in [0.25, 0.3) is 6.08 Å². The van der Waals surface area contributed by atoms with Crippen molar-refractivity contribution >= 4 is 17.8 Å². The predicted octanol–water partition coefficient (Wildman–Crippen LogP) is 5.10. The third-order valence-corrected chi connectivity index (χ3v) is 5.83. The van der Waals surface area contributed by atoms with E-state index in [1.165, 1.54) is 0 Å². The summed E-state index contributed by atoms with van der Waals surface area (Å²) in [5, 5.41) is 0. The molecule has 1 aromatic heterocycles. The first-order chi connectivity index (χ1) is 17.0. The predicted molar refractivity (Wildman–Crippen MR) is 129 cm³/mol. The van der Waals surface area contributed by atoms with E-state index in [-0.39, 0.29) is 30.5 Å². The Morgan fingerprint density at radius 3 is 2.77 bits per heavy atom. The number of ether oxygens (including phenoxy) is 4. The Balaban J connectivity index is 1.63. The number of hydrogen-bond donors (Lipinski definition) is 0. The van der Waals surface area contributed by atoms with Crippen LogP contribution in [0.2, 0.25) is 0 Å². The number of hydrogen-bond acceptors (Lipinski definition) is 7. The van der Waals surface area contributed by atoms with Crippen molar-refractivity contribution in [1.82, 2.24) is 4.98 Å². The Morgan fingerprint density at radius 2 is 2.03 bits per heavy atom. The van der Waals surface area contributed by atoms with Gasteiger partial charge < -0.3 is 18.9 Å². The maximum absolute atomic E-state index is 13.2. The van der Waals surface area contributed by atoms with Crippen LogP contribution in [0.4, 0.5) is 0 Å². The average Bonchev–Trinajstić information content (AvgIpc) is 3.17. The first kappa shape index (κ1) is 22.4. The Labute approximate surface area is 202 Å². The average molecular weight is 469 g/mol. The summed E-state index contributed by atoms with van der Waals surface area (Å²) in [5.41, 5.74) is 3.35. The first-order valence-electron chi connectivity index (χ1n) is 11.1. The number of fused-ring (bicyclic) bond motifs is 3. The smallest absolute Gasteiger partial charge is 0.312 e. The van der Waals surface area contributed by atoms with Gasteiger partial charge in [-0.05, 0) is 48.4 Å². The van der Waals surface area contributed by atoms with E-state index in [1.54, 1.807) is 49.8 Å². The minimum atomic E-state index is -0.470. The maximum Gasteiger partial charge on any atom is 0.312 e. The summed E-state index contributed by atoms with van der Waals surface area (Å²) in [5.74, 6) is 0.868. The highest BCUT2D eigenvalue weighted by Crippen LogP contribution is 2.51. The molecule has 0 radical (unpaired) electrons. The van der Waals surface area contributed by atoms with Gasteiger partial charge in [-0.2, -0.15) is 0 Å². The molecule has 0 saturated carbocycles. The molecule has 0 spiro atoms. The minimum absolute atomic E-state index is 0.0548. The largest absolute Gasteiger partial charge is 0.493 e. The van der Waals surface area contributed by atoms with Crippen LogP contribution in [0.1, 0.15) is 46.3 Å². The van der Waals surface area contributed by atoms with E-state index in [4.69, 9.17) is 18.9 Å². The second-order valence-corrected chi connectivity index (χ2v) is 8.44. The normalized spacial score (nSPS) is 17.3. The van der Waals surface area contributed by atoms with Crippen molar-refractivity contribution in [3.63, 3.8) is 0 Å². The van der Waals surface area contributed by atoms with Gasteiger partial charge in [-0.15, -0.1) is 0 Å². The van der Waals surface area contributed by atoms with Gasteiger partial charge in [0.25, 0.3) is 0 Å². The van der Waals surface area contributed by atoms with Crippen molar-refractivity contribution in [2.24, 2.45) is 0 Å². The molecule has 5 rings (SSSR count). The van der Waals surface area contributed by atoms with Gasteiger partial charge in [0.2, 0.25) is 5.78 Å². The lowest BCUT2D eigenvalue weighted by Gasteiger charge is -2.28. The number of carbonyl (C=O) groups excluding carboxylic acids is 2. The molecule has 0 amide bonds. The van der Waals surface area contributed by atoms with Crippen molar-refractivity contribution in [2.75, 3.05) is 13.7 Å². The molecule has 7 nitrogen and oxygen atoms in total. The van der Waals surface area contributed by atoms with E-state index >= 15 is 0 Å². The molecule has 3 heterocycles. The highest BCUT2D eigenvalue weighted by atomic mass is 16.5. The molecule has 0 aliphatic carbocycles. The highest BCUT2D eigenvalue weighted by Gasteiger charge is 2.39. The number of Topliss-reactive ketones (excluding diaryl/α,β-unsaturated/α-hetero) is 1. The maximum atomic E-state index is 13.2. The lowest BCUT2D eigenvalue weighted by Crippen LogP contribution is -2.22. The second-order valence-electron chi connectivity index (χ2n) is 8.44. The fraction of sp³-hybridized carbons (Fsp3) is 0.179. The van der Waals surface area contributed by atoms with E-state index in [1.807, 2.05) is 25.1 Å². The number of rotatable bonds is 6. The number of nitrogens with zero attached hydrogens (tertiary/aromatic N) is 1.